The van der Waals surface area contributed by atoms with Gasteiger partial charge in [-0.05, 0) is 20.3 Å². The minimum Gasteiger partial charge on any atom is -0.383 e. The highest BCUT2D eigenvalue weighted by atomic mass is 15.1. The van der Waals surface area contributed by atoms with E-state index in [0.717, 1.165) is 30.0 Å². The molecule has 1 aromatic rings. The quantitative estimate of drug-likeness (QED) is 0.861. The van der Waals surface area contributed by atoms with Gasteiger partial charge in [-0.15, -0.1) is 0 Å². The van der Waals surface area contributed by atoms with E-state index < -0.39 is 0 Å². The molecule has 0 aliphatic heterocycles. The number of nitrogens with two attached hydrogens (primary N) is 1. The number of hydrogen-bond donors (Lipinski definition) is 2. The van der Waals surface area contributed by atoms with Crippen LogP contribution in [0.15, 0.2) is 0 Å². The first kappa shape index (κ1) is 14.7. The van der Waals surface area contributed by atoms with Crippen LogP contribution in [-0.4, -0.2) is 16.0 Å². The molecule has 4 nitrogen and oxygen atoms in total. The lowest BCUT2D eigenvalue weighted by Crippen LogP contribution is -2.22. The highest BCUT2D eigenvalue weighted by molar-refractivity contribution is 5.55. The van der Waals surface area contributed by atoms with Crippen LogP contribution in [0.1, 0.15) is 58.8 Å². The number of hydrogen-bond acceptors (Lipinski definition) is 4. The monoisotopic (exact) mass is 250 g/mol. The second kappa shape index (κ2) is 5.55. The minimum absolute atomic E-state index is 0.0910. The molecule has 18 heavy (non-hydrogen) atoms. The number of aromatic nitrogens is 2. The van der Waals surface area contributed by atoms with E-state index in [1.807, 2.05) is 6.92 Å². The zero-order chi connectivity index (χ0) is 13.9. The van der Waals surface area contributed by atoms with Gasteiger partial charge in [-0.1, -0.05) is 34.1 Å². The van der Waals surface area contributed by atoms with Crippen molar-refractivity contribution < 1.29 is 0 Å². The molecule has 0 aliphatic carbocycles. The first-order valence-electron chi connectivity index (χ1n) is 6.66. The Labute approximate surface area is 110 Å². The molecule has 0 saturated heterocycles. The minimum atomic E-state index is -0.0910. The Bertz CT molecular complexity index is 407. The van der Waals surface area contributed by atoms with Crippen LogP contribution in [0.3, 0.4) is 0 Å². The largest absolute Gasteiger partial charge is 0.383 e. The first-order chi connectivity index (χ1) is 8.25. The predicted molar refractivity (Wildman–Crippen MR) is 77.9 cm³/mol. The van der Waals surface area contributed by atoms with E-state index in [1.54, 1.807) is 0 Å². The molecule has 1 unspecified atom stereocenters. The molecule has 1 rings (SSSR count). The summed E-state index contributed by atoms with van der Waals surface area (Å²) in [5, 5.41) is 3.43. The van der Waals surface area contributed by atoms with Gasteiger partial charge in [0.1, 0.15) is 17.5 Å². The standard InChI is InChI=1S/C14H26N4/c1-7-8-9(2)16-12-10(3)11(15)17-13(18-12)14(4,5)6/h9H,7-8H2,1-6H3,(H3,15,16,17,18). The summed E-state index contributed by atoms with van der Waals surface area (Å²) in [6.07, 6.45) is 2.27. The van der Waals surface area contributed by atoms with Crippen molar-refractivity contribution in [3.8, 4) is 0 Å². The van der Waals surface area contributed by atoms with Crippen molar-refractivity contribution in [3.63, 3.8) is 0 Å². The Morgan fingerprint density at radius 2 is 1.89 bits per heavy atom. The van der Waals surface area contributed by atoms with Crippen LogP contribution in [-0.2, 0) is 5.41 Å². The SMILES string of the molecule is CCCC(C)Nc1nc(C(C)(C)C)nc(N)c1C. The molecule has 3 N–H and O–H groups in total. The summed E-state index contributed by atoms with van der Waals surface area (Å²) in [4.78, 5) is 9.01. The normalized spacial score (nSPS) is 13.4. The van der Waals surface area contributed by atoms with E-state index in [9.17, 15) is 0 Å². The third kappa shape index (κ3) is 3.59. The Hall–Kier alpha value is -1.32. The lowest BCUT2D eigenvalue weighted by molar-refractivity contribution is 0.545. The van der Waals surface area contributed by atoms with Crippen LogP contribution in [0.4, 0.5) is 11.6 Å². The highest BCUT2D eigenvalue weighted by Crippen LogP contribution is 2.25. The molecule has 0 spiro atoms. The summed E-state index contributed by atoms with van der Waals surface area (Å²) in [6, 6.07) is 0.399. The highest BCUT2D eigenvalue weighted by Gasteiger charge is 2.20. The number of nitrogens with one attached hydrogen (secondary N) is 1. The zero-order valence-electron chi connectivity index (χ0n) is 12.5. The fourth-order valence-corrected chi connectivity index (χ4v) is 1.75. The van der Waals surface area contributed by atoms with Crippen molar-refractivity contribution in [1.29, 1.82) is 0 Å². The van der Waals surface area contributed by atoms with E-state index in [1.165, 1.54) is 0 Å². The molecular weight excluding hydrogens is 224 g/mol. The molecule has 0 aliphatic rings. The van der Waals surface area contributed by atoms with Crippen LogP contribution in [0.25, 0.3) is 0 Å². The topological polar surface area (TPSA) is 63.8 Å². The van der Waals surface area contributed by atoms with Gasteiger partial charge >= 0.3 is 0 Å². The van der Waals surface area contributed by atoms with E-state index in [2.05, 4.69) is 49.9 Å². The average Bonchev–Trinajstić information content (AvgIpc) is 2.23. The summed E-state index contributed by atoms with van der Waals surface area (Å²) >= 11 is 0. The van der Waals surface area contributed by atoms with Gasteiger partial charge in [-0.3, -0.25) is 0 Å². The molecule has 102 valence electrons. The molecule has 1 heterocycles. The third-order valence-electron chi connectivity index (χ3n) is 2.96. The fourth-order valence-electron chi connectivity index (χ4n) is 1.75. The molecule has 4 heteroatoms. The summed E-state index contributed by atoms with van der Waals surface area (Å²) in [5.74, 6) is 2.23. The van der Waals surface area contributed by atoms with E-state index >= 15 is 0 Å². The van der Waals surface area contributed by atoms with Crippen molar-refractivity contribution in [1.82, 2.24) is 9.97 Å². The van der Waals surface area contributed by atoms with Gasteiger partial charge < -0.3 is 11.1 Å². The second-order valence-electron chi connectivity index (χ2n) is 5.99. The number of nitrogens with zero attached hydrogens (tertiary/aromatic N) is 2. The van der Waals surface area contributed by atoms with Crippen LogP contribution in [0, 0.1) is 6.92 Å². The van der Waals surface area contributed by atoms with Crippen LogP contribution < -0.4 is 11.1 Å². The van der Waals surface area contributed by atoms with Crippen LogP contribution >= 0.6 is 0 Å². The van der Waals surface area contributed by atoms with Crippen molar-refractivity contribution in [2.24, 2.45) is 0 Å². The number of rotatable bonds is 4. The Balaban J connectivity index is 3.07. The number of nitrogen functional groups attached to an aromatic ring is 1. The van der Waals surface area contributed by atoms with Gasteiger partial charge in [0.05, 0.1) is 0 Å². The molecule has 0 amide bonds. The van der Waals surface area contributed by atoms with Gasteiger partial charge in [0, 0.05) is 17.0 Å². The Kier molecular flexibility index (Phi) is 4.54. The Morgan fingerprint density at radius 3 is 2.39 bits per heavy atom. The van der Waals surface area contributed by atoms with Crippen molar-refractivity contribution >= 4 is 11.6 Å². The smallest absolute Gasteiger partial charge is 0.138 e. The molecule has 1 atom stereocenters. The van der Waals surface area contributed by atoms with E-state index in [-0.39, 0.29) is 5.41 Å². The maximum Gasteiger partial charge on any atom is 0.138 e. The summed E-state index contributed by atoms with van der Waals surface area (Å²) in [6.45, 7) is 12.6. The molecule has 1 aromatic heterocycles. The van der Waals surface area contributed by atoms with Crippen LogP contribution in [0.2, 0.25) is 0 Å². The maximum absolute atomic E-state index is 5.98. The zero-order valence-corrected chi connectivity index (χ0v) is 12.5. The van der Waals surface area contributed by atoms with Gasteiger partial charge in [-0.2, -0.15) is 0 Å². The van der Waals surface area contributed by atoms with E-state index in [0.29, 0.717) is 11.9 Å². The third-order valence-corrected chi connectivity index (χ3v) is 2.96. The maximum atomic E-state index is 5.98. The molecule has 0 aromatic carbocycles. The second-order valence-corrected chi connectivity index (χ2v) is 5.99. The van der Waals surface area contributed by atoms with Gasteiger partial charge in [0.15, 0.2) is 0 Å². The van der Waals surface area contributed by atoms with Crippen molar-refractivity contribution in [2.45, 2.75) is 65.8 Å². The van der Waals surface area contributed by atoms with Gasteiger partial charge in [0.25, 0.3) is 0 Å². The molecule has 0 bridgehead atoms. The molecule has 0 saturated carbocycles. The van der Waals surface area contributed by atoms with E-state index in [4.69, 9.17) is 5.73 Å². The van der Waals surface area contributed by atoms with Crippen LogP contribution in [0.5, 0.6) is 0 Å². The first-order valence-corrected chi connectivity index (χ1v) is 6.66. The molecule has 0 radical (unpaired) electrons. The summed E-state index contributed by atoms with van der Waals surface area (Å²) in [5.41, 5.74) is 6.82. The number of anilines is 2. The fraction of sp³-hybridized carbons (Fsp3) is 0.714. The average molecular weight is 250 g/mol. The summed E-state index contributed by atoms with van der Waals surface area (Å²) in [7, 11) is 0. The summed E-state index contributed by atoms with van der Waals surface area (Å²) < 4.78 is 0. The molecular formula is C14H26N4. The Morgan fingerprint density at radius 1 is 1.28 bits per heavy atom. The lowest BCUT2D eigenvalue weighted by atomic mass is 9.95. The molecule has 0 fully saturated rings. The lowest BCUT2D eigenvalue weighted by Gasteiger charge is -2.21. The predicted octanol–water partition coefficient (Wildman–Crippen LogP) is 3.27. The van der Waals surface area contributed by atoms with Crippen molar-refractivity contribution in [2.75, 3.05) is 11.1 Å². The van der Waals surface area contributed by atoms with Crippen molar-refractivity contribution in [3.05, 3.63) is 11.4 Å². The van der Waals surface area contributed by atoms with Gasteiger partial charge in [0.2, 0.25) is 0 Å². The van der Waals surface area contributed by atoms with Gasteiger partial charge in [-0.25, -0.2) is 9.97 Å².